The van der Waals surface area contributed by atoms with Gasteiger partial charge in [-0.2, -0.15) is 11.8 Å². The second-order valence-corrected chi connectivity index (χ2v) is 10.5. The van der Waals surface area contributed by atoms with Gasteiger partial charge in [0.15, 0.2) is 5.82 Å². The molecule has 3 N–H and O–H groups in total. The molecule has 4 aromatic rings. The maximum atomic E-state index is 13.6. The summed E-state index contributed by atoms with van der Waals surface area (Å²) in [6.45, 7) is 4.36. The Bertz CT molecular complexity index is 1260. The number of nitrogens with zero attached hydrogens (tertiary/aromatic N) is 3. The highest BCUT2D eigenvalue weighted by atomic mass is 32.2. The van der Waals surface area contributed by atoms with Gasteiger partial charge in [-0.15, -0.1) is 0 Å². The number of thioether (sulfide) groups is 1. The summed E-state index contributed by atoms with van der Waals surface area (Å²) in [5.74, 6) is 2.18. The van der Waals surface area contributed by atoms with Gasteiger partial charge < -0.3 is 15.4 Å². The second-order valence-electron chi connectivity index (χ2n) is 9.18. The predicted octanol–water partition coefficient (Wildman–Crippen LogP) is 4.27. The van der Waals surface area contributed by atoms with Crippen molar-refractivity contribution >= 4 is 34.5 Å². The van der Waals surface area contributed by atoms with Crippen LogP contribution in [0.1, 0.15) is 29.5 Å². The molecule has 0 bridgehead atoms. The summed E-state index contributed by atoms with van der Waals surface area (Å²) in [7, 11) is 0. The number of aliphatic hydroxyl groups excluding tert-OH is 1. The first-order valence-corrected chi connectivity index (χ1v) is 13.5. The summed E-state index contributed by atoms with van der Waals surface area (Å²) < 4.78 is 0. The molecule has 1 saturated heterocycles. The molecule has 0 saturated carbocycles. The number of carbonyl (C=O) groups is 1. The summed E-state index contributed by atoms with van der Waals surface area (Å²) >= 11 is 1.87. The molecular formula is C28H31N5O2S. The van der Waals surface area contributed by atoms with Crippen molar-refractivity contribution < 1.29 is 9.90 Å². The molecule has 1 aliphatic rings. The first-order valence-electron chi connectivity index (χ1n) is 12.3. The van der Waals surface area contributed by atoms with Crippen LogP contribution in [0.2, 0.25) is 0 Å². The zero-order valence-electron chi connectivity index (χ0n) is 20.3. The fraction of sp³-hybridized carbons (Fsp3) is 0.321. The highest BCUT2D eigenvalue weighted by molar-refractivity contribution is 7.99. The molecule has 186 valence electrons. The van der Waals surface area contributed by atoms with Crippen molar-refractivity contribution in [3.05, 3.63) is 89.9 Å². The Morgan fingerprint density at radius 1 is 1.11 bits per heavy atom. The molecule has 0 spiro atoms. The van der Waals surface area contributed by atoms with E-state index in [1.54, 1.807) is 0 Å². The molecule has 7 nitrogen and oxygen atoms in total. The van der Waals surface area contributed by atoms with E-state index in [2.05, 4.69) is 32.1 Å². The lowest BCUT2D eigenvalue weighted by atomic mass is 9.90. The van der Waals surface area contributed by atoms with Gasteiger partial charge in [0.05, 0.1) is 17.5 Å². The Morgan fingerprint density at radius 2 is 1.81 bits per heavy atom. The van der Waals surface area contributed by atoms with Crippen molar-refractivity contribution in [2.75, 3.05) is 29.9 Å². The van der Waals surface area contributed by atoms with Gasteiger partial charge in [-0.25, -0.2) is 9.97 Å². The van der Waals surface area contributed by atoms with E-state index in [0.29, 0.717) is 24.4 Å². The number of nitrogens with one attached hydrogen (secondary N) is 2. The van der Waals surface area contributed by atoms with Gasteiger partial charge in [-0.3, -0.25) is 9.69 Å². The van der Waals surface area contributed by atoms with Crippen LogP contribution in [0, 0.1) is 5.92 Å². The summed E-state index contributed by atoms with van der Waals surface area (Å²) in [5.41, 5.74) is 4.36. The Labute approximate surface area is 215 Å². The molecule has 5 rings (SSSR count). The van der Waals surface area contributed by atoms with Gasteiger partial charge in [0.1, 0.15) is 11.8 Å². The molecule has 2 aromatic heterocycles. The lowest BCUT2D eigenvalue weighted by molar-refractivity contribution is -0.116. The molecule has 1 aliphatic heterocycles. The zero-order valence-corrected chi connectivity index (χ0v) is 21.1. The number of aromatic nitrogens is 3. The molecule has 1 fully saturated rings. The first-order chi connectivity index (χ1) is 17.6. The smallest absolute Gasteiger partial charge is 0.237 e. The number of anilines is 1. The van der Waals surface area contributed by atoms with E-state index in [9.17, 15) is 9.90 Å². The quantitative estimate of drug-likeness (QED) is 0.317. The Hall–Kier alpha value is -3.20. The largest absolute Gasteiger partial charge is 0.391 e. The number of benzene rings is 2. The molecule has 8 heteroatoms. The van der Waals surface area contributed by atoms with Crippen LogP contribution in [0.4, 0.5) is 5.82 Å². The van der Waals surface area contributed by atoms with Gasteiger partial charge in [0, 0.05) is 37.3 Å². The maximum absolute atomic E-state index is 13.6. The molecule has 2 aromatic carbocycles. The van der Waals surface area contributed by atoms with Crippen molar-refractivity contribution in [2.45, 2.75) is 25.5 Å². The third-order valence-electron chi connectivity index (χ3n) is 6.72. The van der Waals surface area contributed by atoms with E-state index in [1.165, 1.54) is 6.33 Å². The third-order valence-corrected chi connectivity index (χ3v) is 7.80. The maximum Gasteiger partial charge on any atom is 0.237 e. The molecular weight excluding hydrogens is 470 g/mol. The average molecular weight is 502 g/mol. The molecule has 2 atom stereocenters. The van der Waals surface area contributed by atoms with Crippen LogP contribution in [0.5, 0.6) is 0 Å². The number of carbonyl (C=O) groups excluding carboxylic acids is 1. The normalized spacial score (nSPS) is 18.2. The fourth-order valence-corrected chi connectivity index (χ4v) is 5.79. The molecule has 3 heterocycles. The number of aliphatic hydroxyl groups is 1. The Kier molecular flexibility index (Phi) is 7.65. The van der Waals surface area contributed by atoms with E-state index in [0.717, 1.165) is 40.3 Å². The minimum absolute atomic E-state index is 0.150. The number of H-pyrrole nitrogens is 1. The number of hydrogen-bond acceptors (Lipinski definition) is 6. The van der Waals surface area contributed by atoms with Gasteiger partial charge in [-0.1, -0.05) is 67.6 Å². The highest BCUT2D eigenvalue weighted by Crippen LogP contribution is 2.29. The highest BCUT2D eigenvalue weighted by Gasteiger charge is 2.31. The van der Waals surface area contributed by atoms with Crippen LogP contribution >= 0.6 is 11.8 Å². The van der Waals surface area contributed by atoms with Crippen molar-refractivity contribution in [1.82, 2.24) is 19.9 Å². The number of β-amino-alcohol motifs (C(OH)–C–C–N with tert-alkyl or cyclic N) is 1. The van der Waals surface area contributed by atoms with E-state index in [-0.39, 0.29) is 17.9 Å². The minimum atomic E-state index is -0.462. The van der Waals surface area contributed by atoms with Gasteiger partial charge >= 0.3 is 0 Å². The van der Waals surface area contributed by atoms with Gasteiger partial charge in [-0.05, 0) is 22.6 Å². The number of hydrogen-bond donors (Lipinski definition) is 3. The summed E-state index contributed by atoms with van der Waals surface area (Å²) in [5, 5.41) is 13.5. The first kappa shape index (κ1) is 24.5. The van der Waals surface area contributed by atoms with E-state index in [4.69, 9.17) is 0 Å². The molecule has 0 aliphatic carbocycles. The number of aromatic amines is 1. The van der Waals surface area contributed by atoms with Crippen LogP contribution < -0.4 is 5.32 Å². The molecule has 36 heavy (non-hydrogen) atoms. The van der Waals surface area contributed by atoms with E-state index < -0.39 is 5.92 Å². The van der Waals surface area contributed by atoms with Crippen LogP contribution in [-0.2, 0) is 11.3 Å². The average Bonchev–Trinajstić information content (AvgIpc) is 3.47. The van der Waals surface area contributed by atoms with Gasteiger partial charge in [0.25, 0.3) is 0 Å². The van der Waals surface area contributed by atoms with Crippen LogP contribution in [0.15, 0.2) is 73.2 Å². The summed E-state index contributed by atoms with van der Waals surface area (Å²) in [6.07, 6.45) is 3.13. The topological polar surface area (TPSA) is 94.1 Å². The number of fused-ring (bicyclic) bond motifs is 1. The monoisotopic (exact) mass is 501 g/mol. The number of rotatable bonds is 9. The van der Waals surface area contributed by atoms with Crippen molar-refractivity contribution in [2.24, 2.45) is 5.92 Å². The Morgan fingerprint density at radius 3 is 2.47 bits per heavy atom. The summed E-state index contributed by atoms with van der Waals surface area (Å²) in [4.78, 5) is 28.0. The lowest BCUT2D eigenvalue weighted by Crippen LogP contribution is -2.23. The zero-order chi connectivity index (χ0) is 24.9. The van der Waals surface area contributed by atoms with E-state index in [1.807, 2.05) is 78.6 Å². The Balaban J connectivity index is 1.36. The molecule has 1 amide bonds. The molecule has 2 unspecified atom stereocenters. The van der Waals surface area contributed by atoms with Crippen molar-refractivity contribution in [3.63, 3.8) is 0 Å². The SMILES string of the molecule is CCSCC1CN(Cc2c[nH]c3c(NC(=O)C(c4ccccc4)c4ccccc4)ncnc23)CC1O. The minimum Gasteiger partial charge on any atom is -0.391 e. The van der Waals surface area contributed by atoms with Gasteiger partial charge in [0.2, 0.25) is 5.91 Å². The van der Waals surface area contributed by atoms with Crippen molar-refractivity contribution in [1.29, 1.82) is 0 Å². The van der Waals surface area contributed by atoms with E-state index >= 15 is 0 Å². The van der Waals surface area contributed by atoms with Crippen molar-refractivity contribution in [3.8, 4) is 0 Å². The number of likely N-dealkylation sites (tertiary alicyclic amines) is 1. The standard InChI is InChI=1S/C28H31N5O2S/c1-2-36-17-22-15-33(16-23(22)34)14-21-13-29-26-25(21)30-18-31-27(26)32-28(35)24(19-9-5-3-6-10-19)20-11-7-4-8-12-20/h3-13,18,22-24,29,34H,2,14-17H2,1H3,(H,30,31,32,35). The lowest BCUT2D eigenvalue weighted by Gasteiger charge is -2.18. The predicted molar refractivity (Wildman–Crippen MR) is 145 cm³/mol. The summed E-state index contributed by atoms with van der Waals surface area (Å²) in [6, 6.07) is 19.5. The number of amides is 1. The van der Waals surface area contributed by atoms with Crippen LogP contribution in [0.25, 0.3) is 11.0 Å². The fourth-order valence-electron chi connectivity index (χ4n) is 4.93. The van der Waals surface area contributed by atoms with Crippen LogP contribution in [-0.4, -0.2) is 61.6 Å². The second kappa shape index (κ2) is 11.2. The third kappa shape index (κ3) is 5.31. The molecule has 0 radical (unpaired) electrons. The van der Waals surface area contributed by atoms with Crippen LogP contribution in [0.3, 0.4) is 0 Å².